The average Bonchev–Trinajstić information content (AvgIpc) is 2.46. The molecule has 1 atom stereocenters. The highest BCUT2D eigenvalue weighted by Crippen LogP contribution is 2.30. The van der Waals surface area contributed by atoms with Gasteiger partial charge in [0.2, 0.25) is 0 Å². The molecule has 0 spiro atoms. The van der Waals surface area contributed by atoms with Gasteiger partial charge in [0.15, 0.2) is 11.6 Å². The lowest BCUT2D eigenvalue weighted by Crippen LogP contribution is -2.07. The van der Waals surface area contributed by atoms with Crippen LogP contribution in [0.1, 0.15) is 17.2 Å². The monoisotopic (exact) mass is 294 g/mol. The summed E-state index contributed by atoms with van der Waals surface area (Å²) in [5, 5.41) is 10.2. The van der Waals surface area contributed by atoms with Gasteiger partial charge in [-0.05, 0) is 29.8 Å². The van der Waals surface area contributed by atoms with Crippen molar-refractivity contribution < 1.29 is 23.4 Å². The van der Waals surface area contributed by atoms with Crippen molar-refractivity contribution in [3.8, 4) is 11.5 Å². The van der Waals surface area contributed by atoms with Crippen LogP contribution in [-0.2, 0) is 6.42 Å². The second-order valence-corrected chi connectivity index (χ2v) is 4.54. The van der Waals surface area contributed by atoms with Gasteiger partial charge in [-0.15, -0.1) is 0 Å². The van der Waals surface area contributed by atoms with E-state index in [-0.39, 0.29) is 23.5 Å². The zero-order valence-corrected chi connectivity index (χ0v) is 11.8. The van der Waals surface area contributed by atoms with E-state index in [2.05, 4.69) is 0 Å². The minimum absolute atomic E-state index is 0.0660. The van der Waals surface area contributed by atoms with E-state index in [4.69, 9.17) is 9.47 Å². The minimum atomic E-state index is -1.13. The Morgan fingerprint density at radius 1 is 1.00 bits per heavy atom. The van der Waals surface area contributed by atoms with Crippen LogP contribution in [0.4, 0.5) is 8.78 Å². The second-order valence-electron chi connectivity index (χ2n) is 4.54. The van der Waals surface area contributed by atoms with Gasteiger partial charge in [0, 0.05) is 6.42 Å². The molecule has 2 aromatic carbocycles. The van der Waals surface area contributed by atoms with Crippen molar-refractivity contribution in [2.45, 2.75) is 12.5 Å². The minimum Gasteiger partial charge on any atom is -0.496 e. The molecule has 0 aliphatic heterocycles. The number of hydrogen-bond donors (Lipinski definition) is 1. The molecule has 3 nitrogen and oxygen atoms in total. The maximum atomic E-state index is 13.9. The summed E-state index contributed by atoms with van der Waals surface area (Å²) in [4.78, 5) is 0. The highest BCUT2D eigenvalue weighted by molar-refractivity contribution is 5.38. The predicted octanol–water partition coefficient (Wildman–Crippen LogP) is 3.26. The lowest BCUT2D eigenvalue weighted by Gasteiger charge is -2.16. The molecule has 0 saturated carbocycles. The molecule has 1 unspecified atom stereocenters. The fourth-order valence-electron chi connectivity index (χ4n) is 2.18. The van der Waals surface area contributed by atoms with Crippen LogP contribution < -0.4 is 9.47 Å². The first-order chi connectivity index (χ1) is 10.1. The number of aliphatic hydroxyl groups excluding tert-OH is 1. The van der Waals surface area contributed by atoms with Gasteiger partial charge >= 0.3 is 0 Å². The molecule has 0 fully saturated rings. The van der Waals surface area contributed by atoms with Crippen LogP contribution in [0.2, 0.25) is 0 Å². The molecule has 2 rings (SSSR count). The van der Waals surface area contributed by atoms with E-state index < -0.39 is 17.7 Å². The van der Waals surface area contributed by atoms with Crippen molar-refractivity contribution in [1.29, 1.82) is 0 Å². The predicted molar refractivity (Wildman–Crippen MR) is 74.6 cm³/mol. The third-order valence-electron chi connectivity index (χ3n) is 3.21. The fourth-order valence-corrected chi connectivity index (χ4v) is 2.18. The van der Waals surface area contributed by atoms with E-state index in [1.807, 2.05) is 0 Å². The first kappa shape index (κ1) is 15.3. The Labute approximate surface area is 121 Å². The molecule has 0 aliphatic carbocycles. The van der Waals surface area contributed by atoms with Crippen LogP contribution >= 0.6 is 0 Å². The molecule has 112 valence electrons. The zero-order chi connectivity index (χ0) is 15.4. The van der Waals surface area contributed by atoms with Crippen LogP contribution in [0.5, 0.6) is 11.5 Å². The van der Waals surface area contributed by atoms with E-state index in [1.165, 1.54) is 38.5 Å². The van der Waals surface area contributed by atoms with Crippen molar-refractivity contribution in [2.24, 2.45) is 0 Å². The quantitative estimate of drug-likeness (QED) is 0.920. The summed E-state index contributed by atoms with van der Waals surface area (Å²) in [5.41, 5.74) is 0.599. The molecular formula is C16H16F2O3. The zero-order valence-electron chi connectivity index (χ0n) is 11.8. The Morgan fingerprint density at radius 2 is 1.71 bits per heavy atom. The Kier molecular flexibility index (Phi) is 4.75. The van der Waals surface area contributed by atoms with Gasteiger partial charge < -0.3 is 14.6 Å². The molecule has 5 heteroatoms. The maximum Gasteiger partial charge on any atom is 0.165 e. The number of aliphatic hydroxyl groups is 1. The molecule has 21 heavy (non-hydrogen) atoms. The van der Waals surface area contributed by atoms with Crippen LogP contribution in [0.25, 0.3) is 0 Å². The fraction of sp³-hybridized carbons (Fsp3) is 0.250. The number of ether oxygens (including phenoxy) is 2. The molecule has 0 aliphatic rings. The normalized spacial score (nSPS) is 12.0. The lowest BCUT2D eigenvalue weighted by molar-refractivity contribution is 0.168. The number of methoxy groups -OCH3 is 2. The van der Waals surface area contributed by atoms with Crippen molar-refractivity contribution in [3.63, 3.8) is 0 Å². The maximum absolute atomic E-state index is 13.9. The van der Waals surface area contributed by atoms with Crippen LogP contribution in [0.3, 0.4) is 0 Å². The van der Waals surface area contributed by atoms with Crippen LogP contribution in [-0.4, -0.2) is 19.3 Å². The first-order valence-corrected chi connectivity index (χ1v) is 6.39. The Bertz CT molecular complexity index is 629. The van der Waals surface area contributed by atoms with E-state index in [0.717, 1.165) is 0 Å². The number of benzene rings is 2. The van der Waals surface area contributed by atoms with E-state index >= 15 is 0 Å². The van der Waals surface area contributed by atoms with E-state index in [9.17, 15) is 13.9 Å². The van der Waals surface area contributed by atoms with E-state index in [0.29, 0.717) is 5.56 Å². The van der Waals surface area contributed by atoms with Crippen molar-refractivity contribution in [3.05, 3.63) is 59.2 Å². The number of halogens is 2. The largest absolute Gasteiger partial charge is 0.496 e. The molecular weight excluding hydrogens is 278 g/mol. The molecule has 0 saturated heterocycles. The highest BCUT2D eigenvalue weighted by atomic mass is 19.1. The summed E-state index contributed by atoms with van der Waals surface area (Å²) in [6.45, 7) is 0. The standard InChI is InChI=1S/C16H16F2O3/c1-20-14-7-6-10(8-12(14)18)9-13(19)16-11(17)4-3-5-15(16)21-2/h3-8,13,19H,9H2,1-2H3. The molecule has 0 bridgehead atoms. The molecule has 0 heterocycles. The Hall–Kier alpha value is -2.14. The van der Waals surface area contributed by atoms with Crippen molar-refractivity contribution in [2.75, 3.05) is 14.2 Å². The first-order valence-electron chi connectivity index (χ1n) is 6.39. The van der Waals surface area contributed by atoms with Crippen LogP contribution in [0.15, 0.2) is 36.4 Å². The summed E-state index contributed by atoms with van der Waals surface area (Å²) in [6, 6.07) is 8.66. The summed E-state index contributed by atoms with van der Waals surface area (Å²) in [5.74, 6) is -0.702. The topological polar surface area (TPSA) is 38.7 Å². The molecule has 0 amide bonds. The Balaban J connectivity index is 2.26. The summed E-state index contributed by atoms with van der Waals surface area (Å²) >= 11 is 0. The van der Waals surface area contributed by atoms with Crippen molar-refractivity contribution >= 4 is 0 Å². The summed E-state index contributed by atoms with van der Waals surface area (Å²) in [7, 11) is 2.77. The molecule has 0 radical (unpaired) electrons. The SMILES string of the molecule is COc1ccc(CC(O)c2c(F)cccc2OC)cc1F. The Morgan fingerprint density at radius 3 is 2.33 bits per heavy atom. The van der Waals surface area contributed by atoms with Gasteiger partial charge in [-0.25, -0.2) is 8.78 Å². The van der Waals surface area contributed by atoms with Gasteiger partial charge in [0.05, 0.1) is 25.9 Å². The van der Waals surface area contributed by atoms with Gasteiger partial charge in [0.25, 0.3) is 0 Å². The van der Waals surface area contributed by atoms with Gasteiger partial charge in [0.1, 0.15) is 11.6 Å². The molecule has 0 aromatic heterocycles. The molecule has 1 N–H and O–H groups in total. The molecule has 2 aromatic rings. The van der Waals surface area contributed by atoms with Gasteiger partial charge in [-0.1, -0.05) is 12.1 Å². The second kappa shape index (κ2) is 6.54. The number of hydrogen-bond acceptors (Lipinski definition) is 3. The highest BCUT2D eigenvalue weighted by Gasteiger charge is 2.19. The van der Waals surface area contributed by atoms with Gasteiger partial charge in [-0.3, -0.25) is 0 Å². The lowest BCUT2D eigenvalue weighted by atomic mass is 10.00. The average molecular weight is 294 g/mol. The van der Waals surface area contributed by atoms with Crippen molar-refractivity contribution in [1.82, 2.24) is 0 Å². The smallest absolute Gasteiger partial charge is 0.165 e. The number of rotatable bonds is 5. The van der Waals surface area contributed by atoms with Crippen LogP contribution in [0, 0.1) is 11.6 Å². The van der Waals surface area contributed by atoms with E-state index in [1.54, 1.807) is 12.1 Å². The summed E-state index contributed by atoms with van der Waals surface area (Å²) in [6.07, 6.45) is -1.06. The van der Waals surface area contributed by atoms with Gasteiger partial charge in [-0.2, -0.15) is 0 Å². The summed E-state index contributed by atoms with van der Waals surface area (Å²) < 4.78 is 37.4. The third-order valence-corrected chi connectivity index (χ3v) is 3.21. The third kappa shape index (κ3) is 3.31.